The lowest BCUT2D eigenvalue weighted by Crippen LogP contribution is -2.36. The van der Waals surface area contributed by atoms with Crippen LogP contribution in [0.1, 0.15) is 38.9 Å². The van der Waals surface area contributed by atoms with Crippen LogP contribution >= 0.6 is 0 Å². The number of carboxylic acid groups (broad SMARTS) is 1. The fourth-order valence-electron chi connectivity index (χ4n) is 3.08. The normalized spacial score (nSPS) is 15.0. The lowest BCUT2D eigenvalue weighted by molar-refractivity contribution is 0.0696. The number of fused-ring (bicyclic) bond motifs is 1. The van der Waals surface area contributed by atoms with E-state index in [1.807, 2.05) is 12.1 Å². The first kappa shape index (κ1) is 15.2. The highest BCUT2D eigenvalue weighted by Crippen LogP contribution is 2.35. The molecule has 0 radical (unpaired) electrons. The molecule has 5 nitrogen and oxygen atoms in total. The molecule has 0 atom stereocenters. The second kappa shape index (κ2) is 5.83. The van der Waals surface area contributed by atoms with Crippen molar-refractivity contribution in [3.8, 4) is 0 Å². The number of carbonyl (C=O) groups is 2. The summed E-state index contributed by atoms with van der Waals surface area (Å²) in [6.07, 6.45) is 3.18. The summed E-state index contributed by atoms with van der Waals surface area (Å²) in [7, 11) is 0. The number of carboxylic acids is 1. The molecule has 1 amide bonds. The second-order valence-corrected chi connectivity index (χ2v) is 6.35. The first-order valence-electron chi connectivity index (χ1n) is 7.51. The molecule has 0 fully saturated rings. The summed E-state index contributed by atoms with van der Waals surface area (Å²) in [5, 5.41) is 11.9. The quantitative estimate of drug-likeness (QED) is 0.908. The summed E-state index contributed by atoms with van der Waals surface area (Å²) in [5.74, 6) is -1.41. The van der Waals surface area contributed by atoms with E-state index in [0.29, 0.717) is 6.54 Å². The number of rotatable bonds is 4. The van der Waals surface area contributed by atoms with Gasteiger partial charge >= 0.3 is 5.97 Å². The number of pyridine rings is 1. The smallest absolute Gasteiger partial charge is 0.335 e. The number of nitrogens with one attached hydrogen (secondary N) is 1. The largest absolute Gasteiger partial charge is 0.478 e. The van der Waals surface area contributed by atoms with Crippen molar-refractivity contribution in [2.24, 2.45) is 5.41 Å². The van der Waals surface area contributed by atoms with E-state index in [1.54, 1.807) is 0 Å². The summed E-state index contributed by atoms with van der Waals surface area (Å²) in [4.78, 5) is 27.1. The van der Waals surface area contributed by atoms with Crippen molar-refractivity contribution in [3.05, 3.63) is 65.0 Å². The Hall–Kier alpha value is -2.69. The van der Waals surface area contributed by atoms with Crippen LogP contribution in [-0.4, -0.2) is 28.5 Å². The molecule has 3 rings (SSSR count). The highest BCUT2D eigenvalue weighted by atomic mass is 16.4. The van der Waals surface area contributed by atoms with Crippen molar-refractivity contribution < 1.29 is 14.7 Å². The van der Waals surface area contributed by atoms with Crippen molar-refractivity contribution in [1.82, 2.24) is 10.3 Å². The molecule has 118 valence electrons. The van der Waals surface area contributed by atoms with E-state index < -0.39 is 5.97 Å². The average Bonchev–Trinajstić information content (AvgIpc) is 2.89. The van der Waals surface area contributed by atoms with Gasteiger partial charge in [-0.05, 0) is 41.5 Å². The Morgan fingerprint density at radius 3 is 2.48 bits per heavy atom. The molecule has 1 aromatic heterocycles. The zero-order chi connectivity index (χ0) is 16.4. The van der Waals surface area contributed by atoms with Crippen molar-refractivity contribution in [3.63, 3.8) is 0 Å². The number of nitrogens with zero attached hydrogens (tertiary/aromatic N) is 1. The minimum Gasteiger partial charge on any atom is -0.478 e. The molecule has 0 saturated heterocycles. The van der Waals surface area contributed by atoms with Crippen LogP contribution in [0.2, 0.25) is 0 Å². The SMILES string of the molecule is CC1(CNC(=O)c2cc(C(=O)O)ccn2)Cc2ccccc2C1. The average molecular weight is 310 g/mol. The fourth-order valence-corrected chi connectivity index (χ4v) is 3.08. The van der Waals surface area contributed by atoms with Crippen molar-refractivity contribution in [2.45, 2.75) is 19.8 Å². The third-order valence-electron chi connectivity index (χ3n) is 4.27. The third-order valence-corrected chi connectivity index (χ3v) is 4.27. The molecule has 0 unspecified atom stereocenters. The molecule has 2 N–H and O–H groups in total. The van der Waals surface area contributed by atoms with E-state index in [0.717, 1.165) is 12.8 Å². The Morgan fingerprint density at radius 2 is 1.87 bits per heavy atom. The zero-order valence-corrected chi connectivity index (χ0v) is 12.9. The highest BCUT2D eigenvalue weighted by molar-refractivity contribution is 5.95. The van der Waals surface area contributed by atoms with Gasteiger partial charge in [0.25, 0.3) is 5.91 Å². The maximum atomic E-state index is 12.2. The van der Waals surface area contributed by atoms with Crippen LogP contribution in [0.5, 0.6) is 0 Å². The molecule has 0 bridgehead atoms. The van der Waals surface area contributed by atoms with Gasteiger partial charge in [-0.2, -0.15) is 0 Å². The number of benzene rings is 1. The Balaban J connectivity index is 1.66. The van der Waals surface area contributed by atoms with Crippen molar-refractivity contribution in [2.75, 3.05) is 6.54 Å². The van der Waals surface area contributed by atoms with E-state index in [4.69, 9.17) is 5.11 Å². The van der Waals surface area contributed by atoms with Crippen LogP contribution < -0.4 is 5.32 Å². The van der Waals surface area contributed by atoms with Crippen LogP contribution in [-0.2, 0) is 12.8 Å². The molecule has 1 aromatic carbocycles. The van der Waals surface area contributed by atoms with E-state index >= 15 is 0 Å². The summed E-state index contributed by atoms with van der Waals surface area (Å²) >= 11 is 0. The van der Waals surface area contributed by atoms with Crippen LogP contribution in [0.3, 0.4) is 0 Å². The van der Waals surface area contributed by atoms with E-state index in [9.17, 15) is 9.59 Å². The molecular formula is C18H18N2O3. The Kier molecular flexibility index (Phi) is 3.86. The van der Waals surface area contributed by atoms with Gasteiger partial charge in [-0.3, -0.25) is 9.78 Å². The maximum Gasteiger partial charge on any atom is 0.335 e. The minimum atomic E-state index is -1.07. The fraction of sp³-hybridized carbons (Fsp3) is 0.278. The molecule has 1 aliphatic rings. The van der Waals surface area contributed by atoms with Crippen LogP contribution in [0.25, 0.3) is 0 Å². The predicted molar refractivity (Wildman–Crippen MR) is 85.5 cm³/mol. The number of hydrogen-bond acceptors (Lipinski definition) is 3. The van der Waals surface area contributed by atoms with Gasteiger partial charge in [0.1, 0.15) is 5.69 Å². The summed E-state index contributed by atoms with van der Waals surface area (Å²) in [6.45, 7) is 2.67. The molecule has 0 aliphatic heterocycles. The first-order chi connectivity index (χ1) is 11.0. The second-order valence-electron chi connectivity index (χ2n) is 6.35. The zero-order valence-electron chi connectivity index (χ0n) is 12.9. The van der Waals surface area contributed by atoms with Gasteiger partial charge in [-0.1, -0.05) is 31.2 Å². The monoisotopic (exact) mass is 310 g/mol. The molecule has 23 heavy (non-hydrogen) atoms. The van der Waals surface area contributed by atoms with Crippen LogP contribution in [0.15, 0.2) is 42.6 Å². The molecule has 0 saturated carbocycles. The predicted octanol–water partition coefficient (Wildman–Crippen LogP) is 2.31. The van der Waals surface area contributed by atoms with Crippen LogP contribution in [0, 0.1) is 5.41 Å². The van der Waals surface area contributed by atoms with E-state index in [-0.39, 0.29) is 22.6 Å². The first-order valence-corrected chi connectivity index (χ1v) is 7.51. The van der Waals surface area contributed by atoms with E-state index in [2.05, 4.69) is 29.4 Å². The van der Waals surface area contributed by atoms with Crippen molar-refractivity contribution in [1.29, 1.82) is 0 Å². The van der Waals surface area contributed by atoms with Gasteiger partial charge in [0, 0.05) is 12.7 Å². The van der Waals surface area contributed by atoms with E-state index in [1.165, 1.54) is 29.5 Å². The molecule has 1 heterocycles. The number of carbonyl (C=O) groups excluding carboxylic acids is 1. The Bertz CT molecular complexity index is 745. The van der Waals surface area contributed by atoms with Crippen LogP contribution in [0.4, 0.5) is 0 Å². The van der Waals surface area contributed by atoms with Gasteiger partial charge in [0.15, 0.2) is 0 Å². The lowest BCUT2D eigenvalue weighted by Gasteiger charge is -2.23. The van der Waals surface area contributed by atoms with Gasteiger partial charge < -0.3 is 10.4 Å². The number of aromatic carboxylic acids is 1. The number of hydrogen-bond donors (Lipinski definition) is 2. The molecular weight excluding hydrogens is 292 g/mol. The Labute approximate surface area is 134 Å². The van der Waals surface area contributed by atoms with Gasteiger partial charge in [-0.15, -0.1) is 0 Å². The van der Waals surface area contributed by atoms with Gasteiger partial charge in [-0.25, -0.2) is 4.79 Å². The standard InChI is InChI=1S/C18H18N2O3/c1-18(9-13-4-2-3-5-14(13)10-18)11-20-16(21)15-8-12(17(22)23)6-7-19-15/h2-8H,9-11H2,1H3,(H,20,21)(H,22,23). The summed E-state index contributed by atoms with van der Waals surface area (Å²) < 4.78 is 0. The molecule has 0 spiro atoms. The van der Waals surface area contributed by atoms with Gasteiger partial charge in [0.05, 0.1) is 5.56 Å². The topological polar surface area (TPSA) is 79.3 Å². The minimum absolute atomic E-state index is 0.0241. The highest BCUT2D eigenvalue weighted by Gasteiger charge is 2.33. The third kappa shape index (κ3) is 3.23. The summed E-state index contributed by atoms with van der Waals surface area (Å²) in [6, 6.07) is 11.0. The molecule has 5 heteroatoms. The lowest BCUT2D eigenvalue weighted by atomic mass is 9.87. The number of amides is 1. The summed E-state index contributed by atoms with van der Waals surface area (Å²) in [5.41, 5.74) is 2.82. The van der Waals surface area contributed by atoms with Crippen molar-refractivity contribution >= 4 is 11.9 Å². The number of aromatic nitrogens is 1. The Morgan fingerprint density at radius 1 is 1.22 bits per heavy atom. The molecule has 2 aromatic rings. The molecule has 1 aliphatic carbocycles. The maximum absolute atomic E-state index is 12.2. The van der Waals surface area contributed by atoms with Gasteiger partial charge in [0.2, 0.25) is 0 Å².